The third-order valence-corrected chi connectivity index (χ3v) is 3.95. The number of aromatic nitrogens is 2. The zero-order valence-electron chi connectivity index (χ0n) is 13.5. The SMILES string of the molecule is CCC(=O)N[C@H](C)c1nc2ccccc2n1Cc1ccccc1. The molecule has 1 N–H and O–H groups in total. The van der Waals surface area contributed by atoms with E-state index in [1.54, 1.807) is 0 Å². The van der Waals surface area contributed by atoms with Crippen molar-refractivity contribution in [3.63, 3.8) is 0 Å². The Morgan fingerprint density at radius 1 is 1.13 bits per heavy atom. The molecule has 0 bridgehead atoms. The number of amides is 1. The van der Waals surface area contributed by atoms with Crippen molar-refractivity contribution in [2.75, 3.05) is 0 Å². The molecule has 0 radical (unpaired) electrons. The Balaban J connectivity index is 2.02. The molecule has 4 heteroatoms. The smallest absolute Gasteiger partial charge is 0.220 e. The van der Waals surface area contributed by atoms with E-state index in [1.165, 1.54) is 5.56 Å². The summed E-state index contributed by atoms with van der Waals surface area (Å²) in [7, 11) is 0. The maximum Gasteiger partial charge on any atom is 0.220 e. The van der Waals surface area contributed by atoms with Gasteiger partial charge in [-0.1, -0.05) is 49.4 Å². The van der Waals surface area contributed by atoms with Crippen LogP contribution in [-0.2, 0) is 11.3 Å². The Morgan fingerprint density at radius 3 is 2.57 bits per heavy atom. The lowest BCUT2D eigenvalue weighted by Crippen LogP contribution is -2.28. The molecule has 3 rings (SSSR count). The van der Waals surface area contributed by atoms with Crippen LogP contribution in [0.25, 0.3) is 11.0 Å². The summed E-state index contributed by atoms with van der Waals surface area (Å²) >= 11 is 0. The van der Waals surface area contributed by atoms with E-state index in [9.17, 15) is 4.79 Å². The largest absolute Gasteiger partial charge is 0.346 e. The van der Waals surface area contributed by atoms with Crippen LogP contribution in [0.1, 0.15) is 37.7 Å². The molecule has 118 valence electrons. The summed E-state index contributed by atoms with van der Waals surface area (Å²) in [5.74, 6) is 0.924. The van der Waals surface area contributed by atoms with Gasteiger partial charge < -0.3 is 9.88 Å². The number of nitrogens with one attached hydrogen (secondary N) is 1. The molecule has 0 saturated carbocycles. The molecular weight excluding hydrogens is 286 g/mol. The van der Waals surface area contributed by atoms with Gasteiger partial charge in [0, 0.05) is 13.0 Å². The molecule has 0 aliphatic heterocycles. The minimum absolute atomic E-state index is 0.0378. The van der Waals surface area contributed by atoms with Gasteiger partial charge in [0.1, 0.15) is 5.82 Å². The molecular formula is C19H21N3O. The number of para-hydroxylation sites is 2. The van der Waals surface area contributed by atoms with Gasteiger partial charge in [0.2, 0.25) is 5.91 Å². The molecule has 1 heterocycles. The summed E-state index contributed by atoms with van der Waals surface area (Å²) in [6.45, 7) is 4.58. The Kier molecular flexibility index (Phi) is 4.42. The molecule has 0 saturated heterocycles. The number of imidazole rings is 1. The quantitative estimate of drug-likeness (QED) is 0.781. The lowest BCUT2D eigenvalue weighted by Gasteiger charge is -2.16. The Bertz CT molecular complexity index is 808. The Morgan fingerprint density at radius 2 is 1.83 bits per heavy atom. The van der Waals surface area contributed by atoms with E-state index in [0.29, 0.717) is 6.42 Å². The average molecular weight is 307 g/mol. The molecule has 0 unspecified atom stereocenters. The predicted molar refractivity (Wildman–Crippen MR) is 92.1 cm³/mol. The van der Waals surface area contributed by atoms with Crippen LogP contribution in [-0.4, -0.2) is 15.5 Å². The summed E-state index contributed by atoms with van der Waals surface area (Å²) in [6, 6.07) is 18.3. The lowest BCUT2D eigenvalue weighted by atomic mass is 10.2. The summed E-state index contributed by atoms with van der Waals surface area (Å²) in [5.41, 5.74) is 3.26. The zero-order valence-corrected chi connectivity index (χ0v) is 13.5. The fourth-order valence-corrected chi connectivity index (χ4v) is 2.76. The van der Waals surface area contributed by atoms with Gasteiger partial charge in [-0.2, -0.15) is 0 Å². The Labute approximate surface area is 136 Å². The second kappa shape index (κ2) is 6.65. The number of benzene rings is 2. The number of fused-ring (bicyclic) bond motifs is 1. The number of nitrogens with zero attached hydrogens (tertiary/aromatic N) is 2. The predicted octanol–water partition coefficient (Wildman–Crippen LogP) is 3.67. The number of hydrogen-bond acceptors (Lipinski definition) is 2. The van der Waals surface area contributed by atoms with Gasteiger partial charge in [0.25, 0.3) is 0 Å². The van der Waals surface area contributed by atoms with Gasteiger partial charge >= 0.3 is 0 Å². The van der Waals surface area contributed by atoms with E-state index in [1.807, 2.05) is 50.2 Å². The van der Waals surface area contributed by atoms with Crippen molar-refractivity contribution >= 4 is 16.9 Å². The topological polar surface area (TPSA) is 46.9 Å². The standard InChI is InChI=1S/C19H21N3O/c1-3-18(23)20-14(2)19-21-16-11-7-8-12-17(16)22(19)13-15-9-5-4-6-10-15/h4-12,14H,3,13H2,1-2H3,(H,20,23)/t14-/m1/s1. The van der Waals surface area contributed by atoms with Crippen molar-refractivity contribution in [2.24, 2.45) is 0 Å². The van der Waals surface area contributed by atoms with Crippen LogP contribution in [0.15, 0.2) is 54.6 Å². The molecule has 2 aromatic carbocycles. The first-order valence-electron chi connectivity index (χ1n) is 7.97. The molecule has 23 heavy (non-hydrogen) atoms. The summed E-state index contributed by atoms with van der Waals surface area (Å²) in [4.78, 5) is 16.5. The highest BCUT2D eigenvalue weighted by Gasteiger charge is 2.17. The highest BCUT2D eigenvalue weighted by molar-refractivity contribution is 5.78. The van der Waals surface area contributed by atoms with Crippen molar-refractivity contribution in [3.8, 4) is 0 Å². The van der Waals surface area contributed by atoms with Gasteiger partial charge in [0.05, 0.1) is 17.1 Å². The van der Waals surface area contributed by atoms with Crippen LogP contribution < -0.4 is 5.32 Å². The molecule has 3 aromatic rings. The van der Waals surface area contributed by atoms with Crippen LogP contribution in [0.3, 0.4) is 0 Å². The molecule has 1 aromatic heterocycles. The summed E-state index contributed by atoms with van der Waals surface area (Å²) < 4.78 is 2.19. The number of carbonyl (C=O) groups is 1. The normalized spacial score (nSPS) is 12.3. The minimum atomic E-state index is -0.126. The van der Waals surface area contributed by atoms with Crippen LogP contribution >= 0.6 is 0 Å². The molecule has 1 amide bonds. The maximum absolute atomic E-state index is 11.7. The number of hydrogen-bond donors (Lipinski definition) is 1. The van der Waals surface area contributed by atoms with Gasteiger partial charge in [-0.25, -0.2) is 4.98 Å². The van der Waals surface area contributed by atoms with Gasteiger partial charge in [-0.05, 0) is 24.6 Å². The van der Waals surface area contributed by atoms with Crippen molar-refractivity contribution < 1.29 is 4.79 Å². The highest BCUT2D eigenvalue weighted by Crippen LogP contribution is 2.22. The number of carbonyl (C=O) groups excluding carboxylic acids is 1. The van der Waals surface area contributed by atoms with Crippen LogP contribution in [0.4, 0.5) is 0 Å². The number of rotatable bonds is 5. The second-order valence-electron chi connectivity index (χ2n) is 5.67. The van der Waals surface area contributed by atoms with Gasteiger partial charge in [-0.15, -0.1) is 0 Å². The van der Waals surface area contributed by atoms with E-state index < -0.39 is 0 Å². The molecule has 4 nitrogen and oxygen atoms in total. The van der Waals surface area contributed by atoms with Crippen LogP contribution in [0.2, 0.25) is 0 Å². The Hall–Kier alpha value is -2.62. The van der Waals surface area contributed by atoms with E-state index in [0.717, 1.165) is 23.4 Å². The first kappa shape index (κ1) is 15.3. The molecule has 0 aliphatic carbocycles. The van der Waals surface area contributed by atoms with Crippen molar-refractivity contribution in [1.29, 1.82) is 0 Å². The first-order valence-corrected chi connectivity index (χ1v) is 7.97. The fourth-order valence-electron chi connectivity index (χ4n) is 2.76. The van der Waals surface area contributed by atoms with E-state index in [2.05, 4.69) is 28.1 Å². The highest BCUT2D eigenvalue weighted by atomic mass is 16.1. The van der Waals surface area contributed by atoms with Gasteiger partial charge in [0.15, 0.2) is 0 Å². The molecule has 0 aliphatic rings. The zero-order chi connectivity index (χ0) is 16.2. The minimum Gasteiger partial charge on any atom is -0.346 e. The van der Waals surface area contributed by atoms with Crippen LogP contribution in [0.5, 0.6) is 0 Å². The van der Waals surface area contributed by atoms with Crippen LogP contribution in [0, 0.1) is 0 Å². The first-order chi connectivity index (χ1) is 11.2. The second-order valence-corrected chi connectivity index (χ2v) is 5.67. The monoisotopic (exact) mass is 307 g/mol. The molecule has 0 spiro atoms. The average Bonchev–Trinajstić information content (AvgIpc) is 2.94. The van der Waals surface area contributed by atoms with E-state index >= 15 is 0 Å². The summed E-state index contributed by atoms with van der Waals surface area (Å²) in [5, 5.41) is 3.01. The van der Waals surface area contributed by atoms with Gasteiger partial charge in [-0.3, -0.25) is 4.79 Å². The maximum atomic E-state index is 11.7. The van der Waals surface area contributed by atoms with Crippen molar-refractivity contribution in [2.45, 2.75) is 32.9 Å². The molecule has 1 atom stereocenters. The molecule has 0 fully saturated rings. The van der Waals surface area contributed by atoms with Crippen molar-refractivity contribution in [3.05, 3.63) is 66.0 Å². The summed E-state index contributed by atoms with van der Waals surface area (Å²) in [6.07, 6.45) is 0.475. The van der Waals surface area contributed by atoms with E-state index in [4.69, 9.17) is 4.98 Å². The fraction of sp³-hybridized carbons (Fsp3) is 0.263. The van der Waals surface area contributed by atoms with E-state index in [-0.39, 0.29) is 11.9 Å². The third-order valence-electron chi connectivity index (χ3n) is 3.95. The van der Waals surface area contributed by atoms with Crippen molar-refractivity contribution in [1.82, 2.24) is 14.9 Å². The lowest BCUT2D eigenvalue weighted by molar-refractivity contribution is -0.121. The third kappa shape index (κ3) is 3.26.